The minimum Gasteiger partial charge on any atom is -0.325 e. The molecule has 6 rings (SSSR count). The zero-order valence-electron chi connectivity index (χ0n) is 20.1. The van der Waals surface area contributed by atoms with Gasteiger partial charge in [0.25, 0.3) is 5.91 Å². The Morgan fingerprint density at radius 2 is 1.45 bits per heavy atom. The summed E-state index contributed by atoms with van der Waals surface area (Å²) in [5.74, 6) is 0.00533. The maximum atomic E-state index is 13.0. The number of thioether (sulfide) groups is 2. The van der Waals surface area contributed by atoms with E-state index in [1.165, 1.54) is 23.1 Å². The van der Waals surface area contributed by atoms with E-state index >= 15 is 0 Å². The highest BCUT2D eigenvalue weighted by Crippen LogP contribution is 2.33. The number of benzene rings is 4. The van der Waals surface area contributed by atoms with E-state index in [0.29, 0.717) is 11.3 Å². The number of fused-ring (bicyclic) bond motifs is 3. The normalized spacial score (nSPS) is 11.3. The van der Waals surface area contributed by atoms with Crippen LogP contribution in [0.1, 0.15) is 10.4 Å². The van der Waals surface area contributed by atoms with E-state index in [0.717, 1.165) is 45.6 Å². The summed E-state index contributed by atoms with van der Waals surface area (Å²) >= 11 is 6.13. The summed E-state index contributed by atoms with van der Waals surface area (Å²) in [5.41, 5.74) is 3.87. The van der Waals surface area contributed by atoms with Gasteiger partial charge in [-0.1, -0.05) is 59.9 Å². The van der Waals surface area contributed by atoms with E-state index in [1.54, 1.807) is 23.1 Å². The Labute approximate surface area is 234 Å². The Balaban J connectivity index is 1.11. The average Bonchev–Trinajstić information content (AvgIpc) is 3.54. The van der Waals surface area contributed by atoms with E-state index < -0.39 is 0 Å². The predicted molar refractivity (Wildman–Crippen MR) is 162 cm³/mol. The summed E-state index contributed by atoms with van der Waals surface area (Å²) in [6.45, 7) is 0. The molecule has 38 heavy (non-hydrogen) atoms. The molecule has 188 valence electrons. The van der Waals surface area contributed by atoms with Crippen LogP contribution in [-0.2, 0) is 4.79 Å². The van der Waals surface area contributed by atoms with Crippen LogP contribution in [0, 0.1) is 0 Å². The molecular weight excluding hydrogens is 553 g/mol. The summed E-state index contributed by atoms with van der Waals surface area (Å²) in [7, 11) is 0. The number of aromatic nitrogens is 2. The number of nitrogens with zero attached hydrogens (tertiary/aromatic N) is 2. The molecule has 0 unspecified atom stereocenters. The van der Waals surface area contributed by atoms with Crippen molar-refractivity contribution in [2.75, 3.05) is 22.6 Å². The van der Waals surface area contributed by atoms with Crippen LogP contribution in [0.5, 0.6) is 0 Å². The van der Waals surface area contributed by atoms with Gasteiger partial charge in [0, 0.05) is 16.9 Å². The van der Waals surface area contributed by atoms with Crippen LogP contribution in [-0.4, -0.2) is 33.8 Å². The van der Waals surface area contributed by atoms with Crippen molar-refractivity contribution in [3.8, 4) is 0 Å². The second kappa shape index (κ2) is 10.7. The average molecular weight is 573 g/mol. The zero-order chi connectivity index (χ0) is 26.1. The summed E-state index contributed by atoms with van der Waals surface area (Å²) in [4.78, 5) is 34.8. The molecule has 2 aromatic heterocycles. The molecule has 0 aliphatic rings. The molecule has 2 heterocycles. The first kappa shape index (κ1) is 24.9. The molecule has 0 fully saturated rings. The number of amides is 2. The molecule has 0 aliphatic carbocycles. The van der Waals surface area contributed by atoms with Crippen molar-refractivity contribution in [2.24, 2.45) is 0 Å². The van der Waals surface area contributed by atoms with Gasteiger partial charge < -0.3 is 10.6 Å². The lowest BCUT2D eigenvalue weighted by Crippen LogP contribution is -2.13. The van der Waals surface area contributed by atoms with E-state index in [4.69, 9.17) is 0 Å². The predicted octanol–water partition coefficient (Wildman–Crippen LogP) is 7.76. The molecule has 0 radical (unpaired) electrons. The second-order valence-electron chi connectivity index (χ2n) is 8.35. The summed E-state index contributed by atoms with van der Waals surface area (Å²) < 4.78 is 3.81. The number of rotatable bonds is 7. The Kier molecular flexibility index (Phi) is 7.03. The van der Waals surface area contributed by atoms with Gasteiger partial charge in [-0.3, -0.25) is 9.59 Å². The van der Waals surface area contributed by atoms with Crippen LogP contribution in [0.25, 0.3) is 31.2 Å². The van der Waals surface area contributed by atoms with Crippen LogP contribution >= 0.6 is 46.2 Å². The summed E-state index contributed by atoms with van der Waals surface area (Å²) in [6, 6.07) is 25.0. The maximum Gasteiger partial charge on any atom is 0.256 e. The molecule has 0 spiro atoms. The van der Waals surface area contributed by atoms with E-state index in [-0.39, 0.29) is 17.6 Å². The first-order valence-electron chi connectivity index (χ1n) is 11.6. The number of nitrogens with one attached hydrogen (secondary N) is 2. The van der Waals surface area contributed by atoms with Gasteiger partial charge in [-0.05, 0) is 59.5 Å². The molecule has 0 saturated heterocycles. The fraction of sp³-hybridized carbons (Fsp3) is 0.0714. The summed E-state index contributed by atoms with van der Waals surface area (Å²) in [6.07, 6.45) is 2.00. The van der Waals surface area contributed by atoms with Gasteiger partial charge >= 0.3 is 0 Å². The van der Waals surface area contributed by atoms with Gasteiger partial charge in [0.1, 0.15) is 0 Å². The number of hydrogen-bond acceptors (Lipinski definition) is 8. The third-order valence-electron chi connectivity index (χ3n) is 5.81. The highest BCUT2D eigenvalue weighted by Gasteiger charge is 2.13. The number of carbonyl (C=O) groups excluding carboxylic acids is 2. The van der Waals surface area contributed by atoms with Crippen LogP contribution in [0.4, 0.5) is 11.4 Å². The van der Waals surface area contributed by atoms with Gasteiger partial charge in [-0.2, -0.15) is 0 Å². The number of carbonyl (C=O) groups is 2. The molecule has 6 nitrogen and oxygen atoms in total. The highest BCUT2D eigenvalue weighted by molar-refractivity contribution is 8.01. The lowest BCUT2D eigenvalue weighted by Gasteiger charge is -2.08. The number of anilines is 2. The Bertz CT molecular complexity index is 1820. The van der Waals surface area contributed by atoms with E-state index in [2.05, 4.69) is 20.6 Å². The lowest BCUT2D eigenvalue weighted by molar-refractivity contribution is -0.113. The third kappa shape index (κ3) is 5.25. The van der Waals surface area contributed by atoms with Crippen LogP contribution < -0.4 is 10.6 Å². The molecular formula is C28H20N4O2S4. The second-order valence-corrected chi connectivity index (χ2v) is 12.7. The Morgan fingerprint density at radius 1 is 0.789 bits per heavy atom. The smallest absolute Gasteiger partial charge is 0.256 e. The fourth-order valence-corrected chi connectivity index (χ4v) is 7.49. The molecule has 0 atom stereocenters. The maximum absolute atomic E-state index is 13.0. The van der Waals surface area contributed by atoms with Crippen molar-refractivity contribution < 1.29 is 9.59 Å². The first-order chi connectivity index (χ1) is 18.6. The first-order valence-corrected chi connectivity index (χ1v) is 15.5. The van der Waals surface area contributed by atoms with Gasteiger partial charge in [-0.15, -0.1) is 22.7 Å². The molecule has 0 saturated carbocycles. The summed E-state index contributed by atoms with van der Waals surface area (Å²) in [5, 5.41) is 7.92. The van der Waals surface area contributed by atoms with Gasteiger partial charge in [0.15, 0.2) is 8.68 Å². The molecule has 0 bridgehead atoms. The van der Waals surface area contributed by atoms with E-state index in [1.807, 2.05) is 85.1 Å². The minimum atomic E-state index is -0.155. The SMILES string of the molecule is CSc1nc2ccc(NC(=O)CSc3nc4ccc(NC(=O)c5cccc6ccccc56)cc4s3)cc2s1. The molecule has 6 aromatic rings. The monoisotopic (exact) mass is 572 g/mol. The standard InChI is InChI=1S/C28H20N4O2S4/c1-35-27-31-21-11-9-17(13-23(21)37-27)29-25(33)15-36-28-32-22-12-10-18(14-24(22)38-28)30-26(34)20-8-4-6-16-5-2-3-7-19(16)20/h2-14H,15H2,1H3,(H,29,33)(H,30,34). The van der Waals surface area contributed by atoms with Crippen molar-refractivity contribution in [1.82, 2.24) is 9.97 Å². The van der Waals surface area contributed by atoms with Crippen molar-refractivity contribution in [1.29, 1.82) is 0 Å². The van der Waals surface area contributed by atoms with Crippen LogP contribution in [0.2, 0.25) is 0 Å². The number of hydrogen-bond donors (Lipinski definition) is 2. The van der Waals surface area contributed by atoms with E-state index in [9.17, 15) is 9.59 Å². The molecule has 2 amide bonds. The van der Waals surface area contributed by atoms with Gasteiger partial charge in [0.05, 0.1) is 26.2 Å². The lowest BCUT2D eigenvalue weighted by atomic mass is 10.0. The minimum absolute atomic E-state index is 0.0914. The topological polar surface area (TPSA) is 84.0 Å². The van der Waals surface area contributed by atoms with Crippen LogP contribution in [0.15, 0.2) is 87.5 Å². The number of thiazole rings is 2. The molecule has 0 aliphatic heterocycles. The highest BCUT2D eigenvalue weighted by atomic mass is 32.2. The zero-order valence-corrected chi connectivity index (χ0v) is 23.3. The van der Waals surface area contributed by atoms with Crippen molar-refractivity contribution >= 4 is 101 Å². The molecule has 4 aromatic carbocycles. The largest absolute Gasteiger partial charge is 0.325 e. The van der Waals surface area contributed by atoms with Crippen molar-refractivity contribution in [3.63, 3.8) is 0 Å². The van der Waals surface area contributed by atoms with Gasteiger partial charge in [0.2, 0.25) is 5.91 Å². The van der Waals surface area contributed by atoms with Gasteiger partial charge in [-0.25, -0.2) is 9.97 Å². The van der Waals surface area contributed by atoms with Crippen molar-refractivity contribution in [3.05, 3.63) is 84.4 Å². The third-order valence-corrected chi connectivity index (χ3v) is 9.98. The Hall–Kier alpha value is -3.44. The Morgan fingerprint density at radius 3 is 2.21 bits per heavy atom. The molecule has 10 heteroatoms. The van der Waals surface area contributed by atoms with Crippen LogP contribution in [0.3, 0.4) is 0 Å². The fourth-order valence-electron chi connectivity index (χ4n) is 4.06. The molecule has 2 N–H and O–H groups in total. The van der Waals surface area contributed by atoms with Crippen molar-refractivity contribution in [2.45, 2.75) is 8.68 Å². The quantitative estimate of drug-likeness (QED) is 0.190.